The topological polar surface area (TPSA) is 66.4 Å². The third-order valence-corrected chi connectivity index (χ3v) is 1.84. The summed E-state index contributed by atoms with van der Waals surface area (Å²) in [6, 6.07) is 2.87. The number of hydrogen-bond donors (Lipinski definition) is 2. The standard InChI is InChI=1S/C11H9F2NO3/c12-8-1-2-9(13)7(5-8)6-14-10(15)3-4-11(16)17/h1-5H,6H2,(H,14,15)(H,16,17). The van der Waals surface area contributed by atoms with E-state index in [1.165, 1.54) is 0 Å². The van der Waals surface area contributed by atoms with Crippen molar-refractivity contribution in [2.75, 3.05) is 0 Å². The van der Waals surface area contributed by atoms with Gasteiger partial charge in [0.1, 0.15) is 11.6 Å². The van der Waals surface area contributed by atoms with Crippen molar-refractivity contribution in [2.24, 2.45) is 0 Å². The highest BCUT2D eigenvalue weighted by molar-refractivity contribution is 5.93. The smallest absolute Gasteiger partial charge is 0.328 e. The summed E-state index contributed by atoms with van der Waals surface area (Å²) in [6.07, 6.45) is 1.44. The lowest BCUT2D eigenvalue weighted by Gasteiger charge is -2.03. The minimum atomic E-state index is -1.27. The fraction of sp³-hybridized carbons (Fsp3) is 0.0909. The molecule has 1 rings (SSSR count). The molecule has 0 atom stereocenters. The Morgan fingerprint density at radius 1 is 1.29 bits per heavy atom. The average molecular weight is 241 g/mol. The fourth-order valence-corrected chi connectivity index (χ4v) is 1.07. The van der Waals surface area contributed by atoms with Crippen LogP contribution in [-0.4, -0.2) is 17.0 Å². The van der Waals surface area contributed by atoms with Crippen LogP contribution in [0.2, 0.25) is 0 Å². The maximum Gasteiger partial charge on any atom is 0.328 e. The lowest BCUT2D eigenvalue weighted by atomic mass is 10.2. The number of hydrogen-bond acceptors (Lipinski definition) is 2. The molecule has 0 saturated heterocycles. The van der Waals surface area contributed by atoms with Crippen LogP contribution in [0, 0.1) is 11.6 Å². The monoisotopic (exact) mass is 241 g/mol. The molecular formula is C11H9F2NO3. The van der Waals surface area contributed by atoms with Crippen molar-refractivity contribution in [1.82, 2.24) is 5.32 Å². The van der Waals surface area contributed by atoms with E-state index in [1.807, 2.05) is 0 Å². The quantitative estimate of drug-likeness (QED) is 0.779. The summed E-state index contributed by atoms with van der Waals surface area (Å²) in [4.78, 5) is 21.1. The molecule has 17 heavy (non-hydrogen) atoms. The van der Waals surface area contributed by atoms with Crippen molar-refractivity contribution in [3.63, 3.8) is 0 Å². The van der Waals surface area contributed by atoms with Crippen molar-refractivity contribution in [3.8, 4) is 0 Å². The van der Waals surface area contributed by atoms with Gasteiger partial charge in [-0.25, -0.2) is 13.6 Å². The highest BCUT2D eigenvalue weighted by atomic mass is 19.1. The van der Waals surface area contributed by atoms with Gasteiger partial charge in [0, 0.05) is 24.3 Å². The van der Waals surface area contributed by atoms with Gasteiger partial charge in [-0.3, -0.25) is 4.79 Å². The molecule has 0 aliphatic rings. The van der Waals surface area contributed by atoms with E-state index in [9.17, 15) is 18.4 Å². The number of benzene rings is 1. The highest BCUT2D eigenvalue weighted by Gasteiger charge is 2.04. The number of carbonyl (C=O) groups excluding carboxylic acids is 1. The molecule has 0 fully saturated rings. The van der Waals surface area contributed by atoms with Crippen LogP contribution in [0.5, 0.6) is 0 Å². The van der Waals surface area contributed by atoms with E-state index in [-0.39, 0.29) is 12.1 Å². The average Bonchev–Trinajstić information content (AvgIpc) is 2.27. The Balaban J connectivity index is 2.58. The first-order valence-corrected chi connectivity index (χ1v) is 4.62. The summed E-state index contributed by atoms with van der Waals surface area (Å²) in [5.74, 6) is -3.22. The van der Waals surface area contributed by atoms with E-state index in [0.717, 1.165) is 24.3 Å². The van der Waals surface area contributed by atoms with Crippen molar-refractivity contribution >= 4 is 11.9 Å². The molecule has 0 saturated carbocycles. The number of amides is 1. The number of carboxylic acid groups (broad SMARTS) is 1. The largest absolute Gasteiger partial charge is 0.478 e. The molecule has 0 bridgehead atoms. The maximum atomic E-state index is 13.1. The van der Waals surface area contributed by atoms with Gasteiger partial charge in [0.2, 0.25) is 5.91 Å². The summed E-state index contributed by atoms with van der Waals surface area (Å²) in [6.45, 7) is -0.216. The van der Waals surface area contributed by atoms with Gasteiger partial charge in [0.25, 0.3) is 0 Å². The van der Waals surface area contributed by atoms with Gasteiger partial charge >= 0.3 is 5.97 Å². The molecule has 0 unspecified atom stereocenters. The van der Waals surface area contributed by atoms with Crippen LogP contribution in [0.25, 0.3) is 0 Å². The maximum absolute atomic E-state index is 13.1. The molecule has 0 aliphatic heterocycles. The van der Waals surface area contributed by atoms with E-state index in [1.54, 1.807) is 0 Å². The fourth-order valence-electron chi connectivity index (χ4n) is 1.07. The minimum absolute atomic E-state index is 0.0120. The lowest BCUT2D eigenvalue weighted by Crippen LogP contribution is -2.21. The van der Waals surface area contributed by atoms with Crippen molar-refractivity contribution in [2.45, 2.75) is 6.54 Å². The highest BCUT2D eigenvalue weighted by Crippen LogP contribution is 2.08. The van der Waals surface area contributed by atoms with Gasteiger partial charge in [0.05, 0.1) is 0 Å². The zero-order chi connectivity index (χ0) is 12.8. The lowest BCUT2D eigenvalue weighted by molar-refractivity contribution is -0.131. The number of nitrogens with one attached hydrogen (secondary N) is 1. The van der Waals surface area contributed by atoms with E-state index in [4.69, 9.17) is 5.11 Å². The van der Waals surface area contributed by atoms with E-state index in [2.05, 4.69) is 5.32 Å². The molecule has 6 heteroatoms. The van der Waals surface area contributed by atoms with Gasteiger partial charge in [-0.1, -0.05) is 0 Å². The van der Waals surface area contributed by atoms with Gasteiger partial charge in [-0.05, 0) is 18.2 Å². The molecule has 0 heterocycles. The summed E-state index contributed by atoms with van der Waals surface area (Å²) in [5, 5.41) is 10.5. The summed E-state index contributed by atoms with van der Waals surface area (Å²) in [7, 11) is 0. The van der Waals surface area contributed by atoms with E-state index < -0.39 is 23.5 Å². The number of carbonyl (C=O) groups is 2. The first kappa shape index (κ1) is 12.8. The summed E-state index contributed by atoms with van der Waals surface area (Å²) in [5.41, 5.74) is -0.0120. The van der Waals surface area contributed by atoms with Crippen LogP contribution in [0.15, 0.2) is 30.4 Å². The number of aliphatic carboxylic acids is 1. The molecule has 1 amide bonds. The van der Waals surface area contributed by atoms with E-state index >= 15 is 0 Å². The van der Waals surface area contributed by atoms with Crippen LogP contribution < -0.4 is 5.32 Å². The van der Waals surface area contributed by atoms with E-state index in [0.29, 0.717) is 6.08 Å². The van der Waals surface area contributed by atoms with Crippen LogP contribution in [-0.2, 0) is 16.1 Å². The van der Waals surface area contributed by atoms with Crippen LogP contribution >= 0.6 is 0 Å². The molecule has 1 aromatic rings. The second-order valence-corrected chi connectivity index (χ2v) is 3.13. The Labute approximate surface area is 95.6 Å². The number of halogens is 2. The normalized spacial score (nSPS) is 10.5. The molecule has 2 N–H and O–H groups in total. The molecule has 90 valence electrons. The molecule has 1 aromatic carbocycles. The third-order valence-electron chi connectivity index (χ3n) is 1.84. The predicted octanol–water partition coefficient (Wildman–Crippen LogP) is 1.22. The zero-order valence-electron chi connectivity index (χ0n) is 8.61. The third kappa shape index (κ3) is 4.42. The Hall–Kier alpha value is -2.24. The first-order valence-electron chi connectivity index (χ1n) is 4.62. The van der Waals surface area contributed by atoms with Gasteiger partial charge < -0.3 is 10.4 Å². The molecule has 0 aromatic heterocycles. The molecule has 4 nitrogen and oxygen atoms in total. The Bertz CT molecular complexity index is 472. The molecule has 0 aliphatic carbocycles. The van der Waals surface area contributed by atoms with Crippen molar-refractivity contribution < 1.29 is 23.5 Å². The predicted molar refractivity (Wildman–Crippen MR) is 55.0 cm³/mol. The zero-order valence-corrected chi connectivity index (χ0v) is 8.61. The van der Waals surface area contributed by atoms with Crippen LogP contribution in [0.4, 0.5) is 8.78 Å². The Morgan fingerprint density at radius 2 is 2.00 bits per heavy atom. The summed E-state index contributed by atoms with van der Waals surface area (Å²) < 4.78 is 25.9. The Morgan fingerprint density at radius 3 is 2.65 bits per heavy atom. The Kier molecular flexibility index (Phi) is 4.33. The minimum Gasteiger partial charge on any atom is -0.478 e. The summed E-state index contributed by atoms with van der Waals surface area (Å²) >= 11 is 0. The van der Waals surface area contributed by atoms with Crippen molar-refractivity contribution in [1.29, 1.82) is 0 Å². The first-order chi connectivity index (χ1) is 7.99. The second-order valence-electron chi connectivity index (χ2n) is 3.13. The van der Waals surface area contributed by atoms with Crippen molar-refractivity contribution in [3.05, 3.63) is 47.5 Å². The van der Waals surface area contributed by atoms with Crippen LogP contribution in [0.3, 0.4) is 0 Å². The number of rotatable bonds is 4. The van der Waals surface area contributed by atoms with Crippen LogP contribution in [0.1, 0.15) is 5.56 Å². The SMILES string of the molecule is O=C(O)C=CC(=O)NCc1cc(F)ccc1F. The van der Waals surface area contributed by atoms with Gasteiger partial charge in [-0.15, -0.1) is 0 Å². The molecular weight excluding hydrogens is 232 g/mol. The number of carboxylic acids is 1. The van der Waals surface area contributed by atoms with Gasteiger partial charge in [-0.2, -0.15) is 0 Å². The van der Waals surface area contributed by atoms with Gasteiger partial charge in [0.15, 0.2) is 0 Å². The second kappa shape index (κ2) is 5.74. The molecule has 0 radical (unpaired) electrons. The molecule has 0 spiro atoms.